The summed E-state index contributed by atoms with van der Waals surface area (Å²) in [5.41, 5.74) is 0.412. The van der Waals surface area contributed by atoms with Gasteiger partial charge in [-0.3, -0.25) is 0 Å². The molecule has 2 aromatic carbocycles. The van der Waals surface area contributed by atoms with Gasteiger partial charge in [0, 0.05) is 45.4 Å². The first-order chi connectivity index (χ1) is 13.8. The topological polar surface area (TPSA) is 42.3 Å². The summed E-state index contributed by atoms with van der Waals surface area (Å²) in [5, 5.41) is 0.549. The summed E-state index contributed by atoms with van der Waals surface area (Å²) < 4.78 is 55.9. The number of hydrogen-bond donors (Lipinski definition) is 0. The highest BCUT2D eigenvalue weighted by Gasteiger charge is 2.28. The molecule has 0 aliphatic carbocycles. The van der Waals surface area contributed by atoms with E-state index in [2.05, 4.69) is 15.9 Å². The molecule has 2 heterocycles. The van der Waals surface area contributed by atoms with Crippen LogP contribution in [-0.2, 0) is 10.0 Å². The van der Waals surface area contributed by atoms with Crippen LogP contribution in [0.15, 0.2) is 52.0 Å². The van der Waals surface area contributed by atoms with E-state index in [9.17, 15) is 17.2 Å². The molecule has 4 nitrogen and oxygen atoms in total. The third kappa shape index (κ3) is 3.78. The van der Waals surface area contributed by atoms with Gasteiger partial charge in [-0.1, -0.05) is 33.6 Å². The molecule has 0 saturated carbocycles. The Kier molecular flexibility index (Phi) is 5.61. The summed E-state index contributed by atoms with van der Waals surface area (Å²) in [7, 11) is -4.09. The van der Waals surface area contributed by atoms with E-state index in [1.807, 2.05) is 4.90 Å². The minimum absolute atomic E-state index is 0.00379. The van der Waals surface area contributed by atoms with Gasteiger partial charge in [0.2, 0.25) is 0 Å². The zero-order valence-corrected chi connectivity index (χ0v) is 18.4. The number of benzene rings is 2. The third-order valence-electron chi connectivity index (χ3n) is 5.13. The highest BCUT2D eigenvalue weighted by molar-refractivity contribution is 9.10. The van der Waals surface area contributed by atoms with Crippen LogP contribution in [0.5, 0.6) is 0 Å². The van der Waals surface area contributed by atoms with Gasteiger partial charge < -0.3 is 4.90 Å². The number of nitrogens with zero attached hydrogens (tertiary/aromatic N) is 2. The molecule has 9 heteroatoms. The number of alkyl halides is 2. The summed E-state index contributed by atoms with van der Waals surface area (Å²) >= 11 is 9.55. The second-order valence-electron chi connectivity index (χ2n) is 7.01. The predicted octanol–water partition coefficient (Wildman–Crippen LogP) is 6.22. The van der Waals surface area contributed by atoms with Crippen LogP contribution in [-0.4, -0.2) is 25.5 Å². The fourth-order valence-corrected chi connectivity index (χ4v) is 5.96. The summed E-state index contributed by atoms with van der Waals surface area (Å²) in [6, 6.07) is 9.25. The number of halogens is 4. The summed E-state index contributed by atoms with van der Waals surface area (Å²) in [6.45, 7) is 1.45. The van der Waals surface area contributed by atoms with Crippen molar-refractivity contribution in [2.75, 3.05) is 18.0 Å². The molecule has 0 atom stereocenters. The zero-order valence-electron chi connectivity index (χ0n) is 15.3. The summed E-state index contributed by atoms with van der Waals surface area (Å²) in [5.74, 6) is 0. The van der Waals surface area contributed by atoms with E-state index in [-0.39, 0.29) is 21.4 Å². The molecule has 0 radical (unpaired) electrons. The Morgan fingerprint density at radius 3 is 2.45 bits per heavy atom. The largest absolute Gasteiger partial charge is 0.371 e. The van der Waals surface area contributed by atoms with E-state index in [0.29, 0.717) is 15.2 Å². The lowest BCUT2D eigenvalue weighted by molar-refractivity contribution is 0.153. The minimum Gasteiger partial charge on any atom is -0.371 e. The van der Waals surface area contributed by atoms with Crippen LogP contribution in [0.2, 0.25) is 5.02 Å². The number of anilines is 1. The average molecular weight is 504 g/mol. The molecular weight excluding hydrogens is 486 g/mol. The van der Waals surface area contributed by atoms with Gasteiger partial charge in [0.15, 0.2) is 0 Å². The van der Waals surface area contributed by atoms with Crippen LogP contribution in [0, 0.1) is 0 Å². The van der Waals surface area contributed by atoms with Crippen LogP contribution in [0.3, 0.4) is 0 Å². The first-order valence-corrected chi connectivity index (χ1v) is 11.8. The first-order valence-electron chi connectivity index (χ1n) is 9.18. The second-order valence-corrected chi connectivity index (χ2v) is 10.2. The van der Waals surface area contributed by atoms with Crippen LogP contribution < -0.4 is 4.90 Å². The predicted molar refractivity (Wildman–Crippen MR) is 115 cm³/mol. The lowest BCUT2D eigenvalue weighted by atomic mass is 10.1. The number of aromatic nitrogens is 1. The quantitative estimate of drug-likeness (QED) is 0.424. The van der Waals surface area contributed by atoms with Crippen molar-refractivity contribution < 1.29 is 17.2 Å². The molecule has 0 bridgehead atoms. The van der Waals surface area contributed by atoms with E-state index in [4.69, 9.17) is 11.6 Å². The van der Waals surface area contributed by atoms with Crippen molar-refractivity contribution in [2.24, 2.45) is 0 Å². The molecule has 1 saturated heterocycles. The number of fused-ring (bicyclic) bond motifs is 1. The Hall–Kier alpha value is -1.64. The fraction of sp³-hybridized carbons (Fsp3) is 0.300. The number of hydrogen-bond acceptors (Lipinski definition) is 3. The van der Waals surface area contributed by atoms with Crippen molar-refractivity contribution >= 4 is 54.1 Å². The minimum atomic E-state index is -4.09. The van der Waals surface area contributed by atoms with Crippen LogP contribution in [0.4, 0.5) is 14.5 Å². The second kappa shape index (κ2) is 7.89. The first kappa shape index (κ1) is 20.6. The lowest BCUT2D eigenvalue weighted by Gasteiger charge is -2.30. The Morgan fingerprint density at radius 2 is 1.79 bits per heavy atom. The smallest absolute Gasteiger partial charge is 0.268 e. The Balaban J connectivity index is 2.00. The molecule has 0 amide bonds. The van der Waals surface area contributed by atoms with Gasteiger partial charge in [-0.15, -0.1) is 0 Å². The number of piperidine rings is 1. The van der Waals surface area contributed by atoms with Crippen LogP contribution in [0.1, 0.15) is 31.3 Å². The molecule has 0 N–H and O–H groups in total. The van der Waals surface area contributed by atoms with Crippen molar-refractivity contribution in [1.29, 1.82) is 0 Å². The van der Waals surface area contributed by atoms with Gasteiger partial charge in [-0.2, -0.15) is 0 Å². The van der Waals surface area contributed by atoms with E-state index >= 15 is 0 Å². The average Bonchev–Trinajstić information content (AvgIpc) is 3.08. The molecule has 1 fully saturated rings. The van der Waals surface area contributed by atoms with Gasteiger partial charge in [0.1, 0.15) is 0 Å². The molecule has 1 aliphatic heterocycles. The summed E-state index contributed by atoms with van der Waals surface area (Å²) in [6.07, 6.45) is 1.20. The standard InChI is InChI=1S/C20H18BrClF2N2O2S/c21-13-5-4-6-15(9-13)29(27,28)26-12-16(20(23)24)19-17(10-14(22)11-18(19)26)25-7-2-1-3-8-25/h4-6,9-12,20H,1-3,7-8H2. The van der Waals surface area contributed by atoms with Gasteiger partial charge >= 0.3 is 0 Å². The highest BCUT2D eigenvalue weighted by atomic mass is 79.9. The van der Waals surface area contributed by atoms with Crippen molar-refractivity contribution in [3.05, 3.63) is 57.7 Å². The molecule has 154 valence electrons. The molecule has 0 unspecified atom stereocenters. The highest BCUT2D eigenvalue weighted by Crippen LogP contribution is 2.41. The van der Waals surface area contributed by atoms with Gasteiger partial charge in [-0.25, -0.2) is 21.2 Å². The maximum absolute atomic E-state index is 13.9. The molecule has 3 aromatic rings. The van der Waals surface area contributed by atoms with Crippen molar-refractivity contribution in [1.82, 2.24) is 3.97 Å². The third-order valence-corrected chi connectivity index (χ3v) is 7.51. The Labute approximate surface area is 181 Å². The van der Waals surface area contributed by atoms with Crippen LogP contribution >= 0.6 is 27.5 Å². The van der Waals surface area contributed by atoms with Crippen molar-refractivity contribution in [3.8, 4) is 0 Å². The van der Waals surface area contributed by atoms with Gasteiger partial charge in [-0.05, 0) is 49.6 Å². The molecule has 0 spiro atoms. The van der Waals surface area contributed by atoms with Gasteiger partial charge in [0.25, 0.3) is 16.4 Å². The summed E-state index contributed by atoms with van der Waals surface area (Å²) in [4.78, 5) is 2.02. The number of rotatable bonds is 4. The Morgan fingerprint density at radius 1 is 1.07 bits per heavy atom. The molecule has 1 aliphatic rings. The van der Waals surface area contributed by atoms with E-state index in [0.717, 1.165) is 42.5 Å². The van der Waals surface area contributed by atoms with E-state index in [1.165, 1.54) is 18.2 Å². The lowest BCUT2D eigenvalue weighted by Crippen LogP contribution is -2.29. The van der Waals surface area contributed by atoms with Crippen molar-refractivity contribution in [3.63, 3.8) is 0 Å². The van der Waals surface area contributed by atoms with E-state index < -0.39 is 16.4 Å². The van der Waals surface area contributed by atoms with E-state index in [1.54, 1.807) is 18.2 Å². The normalized spacial score (nSPS) is 15.4. The molecule has 29 heavy (non-hydrogen) atoms. The monoisotopic (exact) mass is 502 g/mol. The maximum atomic E-state index is 13.9. The van der Waals surface area contributed by atoms with Gasteiger partial charge in [0.05, 0.1) is 10.4 Å². The molecule has 4 rings (SSSR count). The maximum Gasteiger partial charge on any atom is 0.268 e. The van der Waals surface area contributed by atoms with Crippen molar-refractivity contribution in [2.45, 2.75) is 30.6 Å². The Bertz CT molecular complexity index is 1170. The fourth-order valence-electron chi connectivity index (χ4n) is 3.80. The zero-order chi connectivity index (χ0) is 20.8. The SMILES string of the molecule is O=S(=O)(c1cccc(Br)c1)n1cc(C(F)F)c2c(N3CCCCC3)cc(Cl)cc21. The van der Waals surface area contributed by atoms with Crippen LogP contribution in [0.25, 0.3) is 10.9 Å². The molecule has 1 aromatic heterocycles. The molecular formula is C20H18BrClF2N2O2S.